The lowest BCUT2D eigenvalue weighted by Gasteiger charge is -2.20. The van der Waals surface area contributed by atoms with Gasteiger partial charge in [0.25, 0.3) is 0 Å². The normalized spacial score (nSPS) is 10.8. The molecule has 1 aromatic rings. The van der Waals surface area contributed by atoms with Gasteiger partial charge in [0.05, 0.1) is 5.57 Å². The van der Waals surface area contributed by atoms with Gasteiger partial charge in [-0.05, 0) is 39.0 Å². The number of carboxylic acid groups (broad SMARTS) is 1. The van der Waals surface area contributed by atoms with E-state index in [9.17, 15) is 9.59 Å². The number of rotatable bonds is 3. The number of nitrogens with one attached hydrogen (secondary N) is 1. The molecule has 0 atom stereocenters. The smallest absolute Gasteiger partial charge is 0.412 e. The number of carbonyl (C=O) groups is 2. The summed E-state index contributed by atoms with van der Waals surface area (Å²) in [6.07, 6.45) is -0.633. The zero-order valence-corrected chi connectivity index (χ0v) is 12.2. The summed E-state index contributed by atoms with van der Waals surface area (Å²) in [6.45, 7) is 8.66. The molecule has 1 aromatic carbocycles. The molecule has 0 bridgehead atoms. The van der Waals surface area contributed by atoms with Crippen molar-refractivity contribution in [3.63, 3.8) is 0 Å². The number of anilines is 1. The van der Waals surface area contributed by atoms with E-state index < -0.39 is 17.7 Å². The lowest BCUT2D eigenvalue weighted by Crippen LogP contribution is -2.27. The number of ether oxygens (including phenoxy) is 1. The van der Waals surface area contributed by atoms with Crippen LogP contribution in [0.15, 0.2) is 24.8 Å². The standard InChI is InChI=1S/C14H16ClNO4/c1-8(12(17)18)10-7-9(5-6-11(10)15)16-13(19)20-14(2,3)4/h5-7H,1H2,2-4H3,(H,16,19)(H,17,18). The minimum absolute atomic E-state index is 0.150. The van der Waals surface area contributed by atoms with E-state index in [2.05, 4.69) is 11.9 Å². The van der Waals surface area contributed by atoms with E-state index in [0.717, 1.165) is 0 Å². The summed E-state index contributed by atoms with van der Waals surface area (Å²) in [7, 11) is 0. The molecule has 5 nitrogen and oxygen atoms in total. The van der Waals surface area contributed by atoms with Crippen LogP contribution in [0.2, 0.25) is 5.02 Å². The van der Waals surface area contributed by atoms with Crippen molar-refractivity contribution in [2.45, 2.75) is 26.4 Å². The van der Waals surface area contributed by atoms with Crippen LogP contribution >= 0.6 is 11.6 Å². The van der Waals surface area contributed by atoms with Crippen molar-refractivity contribution in [2.24, 2.45) is 0 Å². The molecule has 0 fully saturated rings. The van der Waals surface area contributed by atoms with Crippen molar-refractivity contribution >= 4 is 34.9 Å². The molecular formula is C14H16ClNO4. The highest BCUT2D eigenvalue weighted by Gasteiger charge is 2.17. The first-order valence-electron chi connectivity index (χ1n) is 5.82. The number of halogens is 1. The Balaban J connectivity index is 2.94. The van der Waals surface area contributed by atoms with Gasteiger partial charge >= 0.3 is 12.1 Å². The predicted molar refractivity (Wildman–Crippen MR) is 78.0 cm³/mol. The number of amides is 1. The quantitative estimate of drug-likeness (QED) is 0.832. The van der Waals surface area contributed by atoms with Crippen molar-refractivity contribution in [3.8, 4) is 0 Å². The second kappa shape index (κ2) is 5.96. The first-order valence-corrected chi connectivity index (χ1v) is 6.20. The van der Waals surface area contributed by atoms with Crippen LogP contribution in [0.1, 0.15) is 26.3 Å². The molecule has 20 heavy (non-hydrogen) atoms. The topological polar surface area (TPSA) is 75.6 Å². The van der Waals surface area contributed by atoms with E-state index in [-0.39, 0.29) is 16.2 Å². The molecule has 0 radical (unpaired) electrons. The van der Waals surface area contributed by atoms with Crippen LogP contribution in [0.4, 0.5) is 10.5 Å². The van der Waals surface area contributed by atoms with Gasteiger partial charge in [-0.1, -0.05) is 18.2 Å². The molecular weight excluding hydrogens is 282 g/mol. The Morgan fingerprint density at radius 1 is 1.35 bits per heavy atom. The van der Waals surface area contributed by atoms with Crippen LogP contribution in [0.5, 0.6) is 0 Å². The molecule has 0 heterocycles. The molecule has 0 aromatic heterocycles. The van der Waals surface area contributed by atoms with E-state index in [0.29, 0.717) is 5.69 Å². The Morgan fingerprint density at radius 3 is 2.45 bits per heavy atom. The molecule has 0 saturated carbocycles. The summed E-state index contributed by atoms with van der Waals surface area (Å²) < 4.78 is 5.10. The fraction of sp³-hybridized carbons (Fsp3) is 0.286. The lowest BCUT2D eigenvalue weighted by molar-refractivity contribution is -0.130. The Hall–Kier alpha value is -2.01. The third kappa shape index (κ3) is 4.59. The number of hydrogen-bond donors (Lipinski definition) is 2. The van der Waals surface area contributed by atoms with Gasteiger partial charge in [-0.3, -0.25) is 5.32 Å². The monoisotopic (exact) mass is 297 g/mol. The number of carboxylic acids is 1. The van der Waals surface area contributed by atoms with E-state index in [1.165, 1.54) is 12.1 Å². The average Bonchev–Trinajstić information content (AvgIpc) is 2.28. The Kier molecular flexibility index (Phi) is 4.78. The van der Waals surface area contributed by atoms with E-state index in [1.807, 2.05) is 0 Å². The lowest BCUT2D eigenvalue weighted by atomic mass is 10.1. The van der Waals surface area contributed by atoms with Gasteiger partial charge in [0, 0.05) is 16.3 Å². The molecule has 0 aliphatic rings. The molecule has 0 saturated heterocycles. The summed E-state index contributed by atoms with van der Waals surface area (Å²) in [5.41, 5.74) is -0.152. The van der Waals surface area contributed by atoms with Crippen molar-refractivity contribution in [2.75, 3.05) is 5.32 Å². The van der Waals surface area contributed by atoms with Crippen molar-refractivity contribution in [1.29, 1.82) is 0 Å². The summed E-state index contributed by atoms with van der Waals surface area (Å²) >= 11 is 5.91. The van der Waals surface area contributed by atoms with E-state index >= 15 is 0 Å². The molecule has 6 heteroatoms. The fourth-order valence-corrected chi connectivity index (χ4v) is 1.60. The van der Waals surface area contributed by atoms with E-state index in [4.69, 9.17) is 21.4 Å². The van der Waals surface area contributed by atoms with Crippen LogP contribution in [0.3, 0.4) is 0 Å². The Labute approximate surface area is 122 Å². The second-order valence-electron chi connectivity index (χ2n) is 5.11. The predicted octanol–water partition coefficient (Wildman–Crippen LogP) is 3.78. The summed E-state index contributed by atoms with van der Waals surface area (Å²) in [6, 6.07) is 4.46. The van der Waals surface area contributed by atoms with Gasteiger partial charge in [0.15, 0.2) is 0 Å². The van der Waals surface area contributed by atoms with Crippen molar-refractivity contribution in [1.82, 2.24) is 0 Å². The molecule has 108 valence electrons. The highest BCUT2D eigenvalue weighted by Crippen LogP contribution is 2.26. The van der Waals surface area contributed by atoms with Gasteiger partial charge in [0.1, 0.15) is 5.60 Å². The highest BCUT2D eigenvalue weighted by atomic mass is 35.5. The Morgan fingerprint density at radius 2 is 1.95 bits per heavy atom. The molecule has 1 amide bonds. The van der Waals surface area contributed by atoms with Crippen molar-refractivity contribution < 1.29 is 19.4 Å². The van der Waals surface area contributed by atoms with Gasteiger partial charge in [-0.25, -0.2) is 9.59 Å². The van der Waals surface area contributed by atoms with Crippen LogP contribution in [0.25, 0.3) is 5.57 Å². The fourth-order valence-electron chi connectivity index (χ4n) is 1.37. The first-order chi connectivity index (χ1) is 9.10. The Bertz CT molecular complexity index is 561. The zero-order valence-electron chi connectivity index (χ0n) is 11.5. The molecule has 0 aliphatic carbocycles. The third-order valence-corrected chi connectivity index (χ3v) is 2.52. The largest absolute Gasteiger partial charge is 0.478 e. The molecule has 1 rings (SSSR count). The first kappa shape index (κ1) is 16.0. The number of benzene rings is 1. The SMILES string of the molecule is C=C(C(=O)O)c1cc(NC(=O)OC(C)(C)C)ccc1Cl. The van der Waals surface area contributed by atoms with Crippen LogP contribution in [0, 0.1) is 0 Å². The molecule has 0 aliphatic heterocycles. The minimum Gasteiger partial charge on any atom is -0.478 e. The maximum Gasteiger partial charge on any atom is 0.412 e. The van der Waals surface area contributed by atoms with Gasteiger partial charge in [0.2, 0.25) is 0 Å². The van der Waals surface area contributed by atoms with Crippen LogP contribution in [-0.2, 0) is 9.53 Å². The zero-order chi connectivity index (χ0) is 15.5. The summed E-state index contributed by atoms with van der Waals surface area (Å²) in [5.74, 6) is -1.18. The summed E-state index contributed by atoms with van der Waals surface area (Å²) in [5, 5.41) is 11.7. The van der Waals surface area contributed by atoms with Gasteiger partial charge in [-0.2, -0.15) is 0 Å². The second-order valence-corrected chi connectivity index (χ2v) is 5.51. The number of hydrogen-bond acceptors (Lipinski definition) is 3. The number of aliphatic carboxylic acids is 1. The maximum atomic E-state index is 11.6. The average molecular weight is 298 g/mol. The summed E-state index contributed by atoms with van der Waals surface area (Å²) in [4.78, 5) is 22.5. The molecule has 0 spiro atoms. The maximum absolute atomic E-state index is 11.6. The molecule has 0 unspecified atom stereocenters. The number of carbonyl (C=O) groups excluding carboxylic acids is 1. The van der Waals surface area contributed by atoms with Crippen molar-refractivity contribution in [3.05, 3.63) is 35.4 Å². The third-order valence-electron chi connectivity index (χ3n) is 2.19. The van der Waals surface area contributed by atoms with E-state index in [1.54, 1.807) is 26.8 Å². The minimum atomic E-state index is -1.18. The van der Waals surface area contributed by atoms with Crippen LogP contribution in [-0.4, -0.2) is 22.8 Å². The van der Waals surface area contributed by atoms with Gasteiger partial charge in [-0.15, -0.1) is 0 Å². The van der Waals surface area contributed by atoms with Gasteiger partial charge < -0.3 is 9.84 Å². The highest BCUT2D eigenvalue weighted by molar-refractivity contribution is 6.34. The molecule has 2 N–H and O–H groups in total. The van der Waals surface area contributed by atoms with Crippen LogP contribution < -0.4 is 5.32 Å².